The Bertz CT molecular complexity index is 1160. The predicted molar refractivity (Wildman–Crippen MR) is 139 cm³/mol. The van der Waals surface area contributed by atoms with Crippen LogP contribution in [0.5, 0.6) is 11.6 Å². The molecule has 1 aliphatic rings. The van der Waals surface area contributed by atoms with Gasteiger partial charge < -0.3 is 24.0 Å². The summed E-state index contributed by atoms with van der Waals surface area (Å²) in [5, 5.41) is 13.0. The van der Waals surface area contributed by atoms with Crippen LogP contribution in [0.1, 0.15) is 49.1 Å². The van der Waals surface area contributed by atoms with E-state index in [2.05, 4.69) is 21.2 Å². The summed E-state index contributed by atoms with van der Waals surface area (Å²) in [5.74, 6) is 2.25. The molecule has 0 radical (unpaired) electrons. The van der Waals surface area contributed by atoms with Crippen LogP contribution in [-0.2, 0) is 17.6 Å². The zero-order chi connectivity index (χ0) is 26.0. The molecule has 1 aromatic carbocycles. The molecule has 0 bridgehead atoms. The normalized spacial score (nSPS) is 13.8. The first kappa shape index (κ1) is 26.6. The number of carbonyl (C=O) groups is 1. The Balaban J connectivity index is 1.27. The second-order valence-corrected chi connectivity index (χ2v) is 9.73. The molecule has 1 fully saturated rings. The number of carboxylic acids is 1. The summed E-state index contributed by atoms with van der Waals surface area (Å²) in [6.07, 6.45) is 8.25. The van der Waals surface area contributed by atoms with E-state index in [4.69, 9.17) is 19.1 Å². The Kier molecular flexibility index (Phi) is 9.48. The van der Waals surface area contributed by atoms with Crippen LogP contribution in [0.4, 0.5) is 0 Å². The molecule has 37 heavy (non-hydrogen) atoms. The summed E-state index contributed by atoms with van der Waals surface area (Å²) in [6, 6.07) is 9.89. The lowest BCUT2D eigenvalue weighted by atomic mass is 10.1. The number of benzene rings is 1. The van der Waals surface area contributed by atoms with Crippen LogP contribution < -0.4 is 9.47 Å². The molecule has 198 valence electrons. The number of ether oxygens (including phenoxy) is 2. The van der Waals surface area contributed by atoms with Crippen molar-refractivity contribution in [1.82, 2.24) is 20.0 Å². The molecule has 1 saturated carbocycles. The number of aryl methyl sites for hydroxylation is 3. The van der Waals surface area contributed by atoms with E-state index in [9.17, 15) is 4.79 Å². The number of aliphatic carboxylic acids is 1. The van der Waals surface area contributed by atoms with Crippen molar-refractivity contribution in [2.75, 3.05) is 33.4 Å². The summed E-state index contributed by atoms with van der Waals surface area (Å²) in [4.78, 5) is 21.6. The SMILES string of the molecule is Cc1cc(CCc2noc(-c3cccnc3OCC3CCCC3)n2)ccc1OCCN(C)CCC(=O)O. The van der Waals surface area contributed by atoms with E-state index < -0.39 is 5.97 Å². The molecule has 2 heterocycles. The fourth-order valence-electron chi connectivity index (χ4n) is 4.50. The number of hydrogen-bond acceptors (Lipinski definition) is 8. The zero-order valence-corrected chi connectivity index (χ0v) is 21.7. The lowest BCUT2D eigenvalue weighted by molar-refractivity contribution is -0.137. The molecule has 1 N–H and O–H groups in total. The minimum atomic E-state index is -0.790. The van der Waals surface area contributed by atoms with E-state index in [-0.39, 0.29) is 6.42 Å². The predicted octanol–water partition coefficient (Wildman–Crippen LogP) is 4.58. The maximum Gasteiger partial charge on any atom is 0.304 e. The zero-order valence-electron chi connectivity index (χ0n) is 21.7. The van der Waals surface area contributed by atoms with Gasteiger partial charge in [0.15, 0.2) is 5.82 Å². The van der Waals surface area contributed by atoms with Gasteiger partial charge in [0.2, 0.25) is 5.88 Å². The van der Waals surface area contributed by atoms with Crippen molar-refractivity contribution < 1.29 is 23.9 Å². The Labute approximate surface area is 217 Å². The third-order valence-corrected chi connectivity index (χ3v) is 6.71. The van der Waals surface area contributed by atoms with Crippen LogP contribution in [-0.4, -0.2) is 64.5 Å². The van der Waals surface area contributed by atoms with E-state index in [0.29, 0.717) is 56.2 Å². The van der Waals surface area contributed by atoms with Gasteiger partial charge in [-0.3, -0.25) is 4.79 Å². The largest absolute Gasteiger partial charge is 0.492 e. The lowest BCUT2D eigenvalue weighted by Crippen LogP contribution is -2.26. The van der Waals surface area contributed by atoms with Crippen LogP contribution >= 0.6 is 0 Å². The molecule has 0 saturated heterocycles. The molecule has 0 unspecified atom stereocenters. The highest BCUT2D eigenvalue weighted by molar-refractivity contribution is 5.66. The summed E-state index contributed by atoms with van der Waals surface area (Å²) >= 11 is 0. The molecule has 2 aromatic heterocycles. The standard InChI is InChI=1S/C28H36N4O5/c1-20-18-21(9-11-24(20)35-17-16-32(2)15-13-26(33)34)10-12-25-30-28(37-31-25)23-8-5-14-29-27(23)36-19-22-6-3-4-7-22/h5,8-9,11,14,18,22H,3-4,6-7,10,12-13,15-17,19H2,1-2H3,(H,33,34). The molecule has 0 amide bonds. The summed E-state index contributed by atoms with van der Waals surface area (Å²) in [7, 11) is 1.89. The van der Waals surface area contributed by atoms with Crippen molar-refractivity contribution >= 4 is 5.97 Å². The second-order valence-electron chi connectivity index (χ2n) is 9.73. The lowest BCUT2D eigenvalue weighted by Gasteiger charge is -2.16. The number of rotatable bonds is 14. The number of pyridine rings is 1. The van der Waals surface area contributed by atoms with Gasteiger partial charge in [-0.2, -0.15) is 4.98 Å². The Hall–Kier alpha value is -3.46. The van der Waals surface area contributed by atoms with Gasteiger partial charge in [-0.05, 0) is 68.5 Å². The van der Waals surface area contributed by atoms with Gasteiger partial charge in [0.1, 0.15) is 17.9 Å². The molecule has 1 aliphatic carbocycles. The van der Waals surface area contributed by atoms with Crippen molar-refractivity contribution in [2.45, 2.75) is 51.9 Å². The number of aromatic nitrogens is 3. The van der Waals surface area contributed by atoms with Gasteiger partial charge >= 0.3 is 5.97 Å². The molecular weight excluding hydrogens is 472 g/mol. The molecule has 0 atom stereocenters. The van der Waals surface area contributed by atoms with Gasteiger partial charge in [-0.25, -0.2) is 4.98 Å². The Morgan fingerprint density at radius 3 is 2.78 bits per heavy atom. The average Bonchev–Trinajstić information content (AvgIpc) is 3.59. The van der Waals surface area contributed by atoms with Gasteiger partial charge in [0.05, 0.1) is 13.0 Å². The van der Waals surface area contributed by atoms with E-state index in [1.807, 2.05) is 43.1 Å². The molecular formula is C28H36N4O5. The van der Waals surface area contributed by atoms with Gasteiger partial charge in [-0.1, -0.05) is 30.1 Å². The third-order valence-electron chi connectivity index (χ3n) is 6.71. The maximum absolute atomic E-state index is 10.7. The first-order valence-corrected chi connectivity index (χ1v) is 13.0. The molecule has 0 spiro atoms. The summed E-state index contributed by atoms with van der Waals surface area (Å²) in [6.45, 7) is 4.37. The van der Waals surface area contributed by atoms with Crippen LogP contribution in [0.15, 0.2) is 41.1 Å². The molecule has 9 nitrogen and oxygen atoms in total. The fraction of sp³-hybridized carbons (Fsp3) is 0.500. The minimum Gasteiger partial charge on any atom is -0.492 e. The van der Waals surface area contributed by atoms with Crippen molar-refractivity contribution in [3.8, 4) is 23.1 Å². The molecule has 4 rings (SSSR count). The quantitative estimate of drug-likeness (QED) is 0.334. The maximum atomic E-state index is 10.7. The van der Waals surface area contributed by atoms with Gasteiger partial charge in [0, 0.05) is 25.7 Å². The second kappa shape index (κ2) is 13.2. The first-order valence-electron chi connectivity index (χ1n) is 13.0. The molecule has 9 heteroatoms. The van der Waals surface area contributed by atoms with Gasteiger partial charge in [0.25, 0.3) is 5.89 Å². The van der Waals surface area contributed by atoms with E-state index in [1.54, 1.807) is 6.20 Å². The monoisotopic (exact) mass is 508 g/mol. The van der Waals surface area contributed by atoms with Gasteiger partial charge in [-0.15, -0.1) is 0 Å². The van der Waals surface area contributed by atoms with Crippen LogP contribution in [0.3, 0.4) is 0 Å². The number of hydrogen-bond donors (Lipinski definition) is 1. The van der Waals surface area contributed by atoms with Crippen molar-refractivity contribution in [2.24, 2.45) is 5.92 Å². The first-order chi connectivity index (χ1) is 18.0. The number of likely N-dealkylation sites (N-methyl/N-ethyl adjacent to an activating group) is 1. The van der Waals surface area contributed by atoms with Crippen molar-refractivity contribution in [3.63, 3.8) is 0 Å². The van der Waals surface area contributed by atoms with E-state index in [1.165, 1.54) is 25.7 Å². The highest BCUT2D eigenvalue weighted by Gasteiger charge is 2.19. The topological polar surface area (TPSA) is 111 Å². The highest BCUT2D eigenvalue weighted by Crippen LogP contribution is 2.30. The summed E-state index contributed by atoms with van der Waals surface area (Å²) in [5.41, 5.74) is 2.95. The van der Waals surface area contributed by atoms with Crippen molar-refractivity contribution in [1.29, 1.82) is 0 Å². The number of carboxylic acid groups (broad SMARTS) is 1. The molecule has 3 aromatic rings. The number of nitrogens with zero attached hydrogens (tertiary/aromatic N) is 4. The van der Waals surface area contributed by atoms with E-state index in [0.717, 1.165) is 28.9 Å². The van der Waals surface area contributed by atoms with E-state index >= 15 is 0 Å². The summed E-state index contributed by atoms with van der Waals surface area (Å²) < 4.78 is 17.5. The Morgan fingerprint density at radius 1 is 1.16 bits per heavy atom. The fourth-order valence-corrected chi connectivity index (χ4v) is 4.50. The van der Waals surface area contributed by atoms with Crippen LogP contribution in [0.2, 0.25) is 0 Å². The smallest absolute Gasteiger partial charge is 0.304 e. The van der Waals surface area contributed by atoms with Crippen molar-refractivity contribution in [3.05, 3.63) is 53.5 Å². The van der Waals surface area contributed by atoms with Crippen LogP contribution in [0.25, 0.3) is 11.5 Å². The Morgan fingerprint density at radius 2 is 2.00 bits per heavy atom. The minimum absolute atomic E-state index is 0.129. The van der Waals surface area contributed by atoms with Crippen LogP contribution in [0, 0.1) is 12.8 Å². The highest BCUT2D eigenvalue weighted by atomic mass is 16.5. The average molecular weight is 509 g/mol. The molecule has 0 aliphatic heterocycles. The third kappa shape index (κ3) is 8.01.